The normalized spacial score (nSPS) is 25.1. The molecule has 1 aromatic carbocycles. The van der Waals surface area contributed by atoms with E-state index in [0.717, 1.165) is 37.5 Å². The number of aromatic nitrogens is 2. The van der Waals surface area contributed by atoms with E-state index in [1.54, 1.807) is 12.1 Å². The highest BCUT2D eigenvalue weighted by molar-refractivity contribution is 5.66. The highest BCUT2D eigenvalue weighted by atomic mass is 16.5. The quantitative estimate of drug-likeness (QED) is 0.851. The van der Waals surface area contributed by atoms with Gasteiger partial charge in [-0.2, -0.15) is 0 Å². The van der Waals surface area contributed by atoms with Crippen LogP contribution < -0.4 is 9.47 Å². The van der Waals surface area contributed by atoms with E-state index >= 15 is 0 Å². The molecule has 7 nitrogen and oxygen atoms in total. The number of phenols is 1. The van der Waals surface area contributed by atoms with Crippen LogP contribution >= 0.6 is 0 Å². The van der Waals surface area contributed by atoms with E-state index in [0.29, 0.717) is 35.6 Å². The van der Waals surface area contributed by atoms with Crippen molar-refractivity contribution in [1.29, 1.82) is 0 Å². The second kappa shape index (κ2) is 7.64. The van der Waals surface area contributed by atoms with E-state index in [4.69, 9.17) is 14.2 Å². The van der Waals surface area contributed by atoms with Gasteiger partial charge in [-0.25, -0.2) is 4.98 Å². The van der Waals surface area contributed by atoms with Crippen molar-refractivity contribution in [2.24, 2.45) is 5.92 Å². The number of phenolic OH excluding ortho intramolecular Hbond substituents is 1. The van der Waals surface area contributed by atoms with Gasteiger partial charge < -0.3 is 23.9 Å². The minimum Gasteiger partial charge on any atom is -0.502 e. The summed E-state index contributed by atoms with van der Waals surface area (Å²) < 4.78 is 18.9. The number of ether oxygens (including phenoxy) is 3. The van der Waals surface area contributed by atoms with Gasteiger partial charge in [0.25, 0.3) is 0 Å². The molecule has 3 atom stereocenters. The Morgan fingerprint density at radius 1 is 1.14 bits per heavy atom. The third kappa shape index (κ3) is 3.33. The average molecular weight is 387 g/mol. The number of morpholine rings is 1. The minimum absolute atomic E-state index is 0.00160. The third-order valence-electron chi connectivity index (χ3n) is 5.97. The van der Waals surface area contributed by atoms with E-state index in [9.17, 15) is 5.11 Å². The molecule has 152 valence electrons. The van der Waals surface area contributed by atoms with Gasteiger partial charge in [-0.1, -0.05) is 13.8 Å². The molecule has 7 heteroatoms. The van der Waals surface area contributed by atoms with Crippen molar-refractivity contribution >= 4 is 0 Å². The smallest absolute Gasteiger partial charge is 0.200 e. The fraction of sp³-hybridized carbons (Fsp3) is 0.571. The molecule has 2 saturated heterocycles. The maximum absolute atomic E-state index is 10.2. The van der Waals surface area contributed by atoms with Gasteiger partial charge in [0.2, 0.25) is 5.75 Å². The monoisotopic (exact) mass is 387 g/mol. The van der Waals surface area contributed by atoms with Crippen molar-refractivity contribution in [3.63, 3.8) is 0 Å². The molecule has 0 amide bonds. The van der Waals surface area contributed by atoms with Crippen LogP contribution in [0.25, 0.3) is 11.4 Å². The largest absolute Gasteiger partial charge is 0.502 e. The number of benzene rings is 1. The Kier molecular flexibility index (Phi) is 5.21. The van der Waals surface area contributed by atoms with Crippen LogP contribution in [0.4, 0.5) is 0 Å². The first-order chi connectivity index (χ1) is 13.5. The molecule has 2 aromatic rings. The van der Waals surface area contributed by atoms with Gasteiger partial charge in [0.05, 0.1) is 26.9 Å². The molecule has 1 N–H and O–H groups in total. The second-order valence-corrected chi connectivity index (χ2v) is 8.00. The molecule has 0 spiro atoms. The topological polar surface area (TPSA) is 69.0 Å². The Balaban J connectivity index is 1.61. The van der Waals surface area contributed by atoms with Crippen LogP contribution in [0.5, 0.6) is 17.2 Å². The maximum atomic E-state index is 10.2. The van der Waals surface area contributed by atoms with Gasteiger partial charge in [-0.15, -0.1) is 0 Å². The van der Waals surface area contributed by atoms with Crippen LogP contribution in [-0.4, -0.2) is 65.6 Å². The molecular formula is C21H29N3O4. The number of rotatable bonds is 5. The zero-order chi connectivity index (χ0) is 19.8. The number of fused-ring (bicyclic) bond motifs is 1. The summed E-state index contributed by atoms with van der Waals surface area (Å²) in [6.07, 6.45) is 5.21. The molecule has 2 aliphatic heterocycles. The molecule has 2 aliphatic rings. The first kappa shape index (κ1) is 19.1. The molecule has 28 heavy (non-hydrogen) atoms. The maximum Gasteiger partial charge on any atom is 0.200 e. The molecule has 4 rings (SSSR count). The SMILES string of the molecule is COc1cc(-c2nccn2[C@H]2C[C@H]3CO[C@@H](C(C)C)CN3C2)cc(OC)c1O. The molecule has 2 fully saturated rings. The van der Waals surface area contributed by atoms with Crippen LogP contribution in [0.2, 0.25) is 0 Å². The zero-order valence-corrected chi connectivity index (χ0v) is 17.0. The Hall–Kier alpha value is -2.25. The summed E-state index contributed by atoms with van der Waals surface area (Å²) in [6.45, 7) is 7.22. The predicted molar refractivity (Wildman–Crippen MR) is 106 cm³/mol. The minimum atomic E-state index is 0.00160. The highest BCUT2D eigenvalue weighted by Crippen LogP contribution is 2.41. The van der Waals surface area contributed by atoms with Crippen LogP contribution in [0.3, 0.4) is 0 Å². The Morgan fingerprint density at radius 2 is 1.86 bits per heavy atom. The zero-order valence-electron chi connectivity index (χ0n) is 17.0. The summed E-state index contributed by atoms with van der Waals surface area (Å²) in [4.78, 5) is 7.15. The van der Waals surface area contributed by atoms with Gasteiger partial charge >= 0.3 is 0 Å². The molecule has 0 bridgehead atoms. The Labute approximate surface area is 165 Å². The lowest BCUT2D eigenvalue weighted by Crippen LogP contribution is -2.47. The molecule has 0 aliphatic carbocycles. The van der Waals surface area contributed by atoms with Crippen molar-refractivity contribution in [1.82, 2.24) is 14.5 Å². The average Bonchev–Trinajstić information content (AvgIpc) is 3.34. The number of nitrogens with zero attached hydrogens (tertiary/aromatic N) is 3. The summed E-state index contributed by atoms with van der Waals surface area (Å²) in [5.41, 5.74) is 0.859. The van der Waals surface area contributed by atoms with Crippen LogP contribution in [-0.2, 0) is 4.74 Å². The van der Waals surface area contributed by atoms with Gasteiger partial charge in [0.1, 0.15) is 5.82 Å². The van der Waals surface area contributed by atoms with E-state index < -0.39 is 0 Å². The van der Waals surface area contributed by atoms with Crippen molar-refractivity contribution in [2.75, 3.05) is 33.9 Å². The third-order valence-corrected chi connectivity index (χ3v) is 5.97. The van der Waals surface area contributed by atoms with Crippen molar-refractivity contribution in [2.45, 2.75) is 38.5 Å². The Bertz CT molecular complexity index is 810. The van der Waals surface area contributed by atoms with Crippen LogP contribution in [0, 0.1) is 5.92 Å². The molecule has 0 saturated carbocycles. The van der Waals surface area contributed by atoms with Crippen molar-refractivity contribution in [3.8, 4) is 28.6 Å². The van der Waals surface area contributed by atoms with E-state index in [-0.39, 0.29) is 5.75 Å². The molecular weight excluding hydrogens is 358 g/mol. The number of hydrogen-bond acceptors (Lipinski definition) is 6. The van der Waals surface area contributed by atoms with Gasteiger partial charge in [-0.05, 0) is 24.5 Å². The summed E-state index contributed by atoms with van der Waals surface area (Å²) in [5.74, 6) is 2.13. The fourth-order valence-electron chi connectivity index (χ4n) is 4.33. The number of hydrogen-bond donors (Lipinski definition) is 1. The summed E-state index contributed by atoms with van der Waals surface area (Å²) in [7, 11) is 3.07. The summed E-state index contributed by atoms with van der Waals surface area (Å²) in [6, 6.07) is 4.40. The first-order valence-corrected chi connectivity index (χ1v) is 9.85. The van der Waals surface area contributed by atoms with Crippen LogP contribution in [0.1, 0.15) is 26.3 Å². The lowest BCUT2D eigenvalue weighted by Gasteiger charge is -2.36. The predicted octanol–water partition coefficient (Wildman–Crippen LogP) is 2.94. The summed E-state index contributed by atoms with van der Waals surface area (Å²) >= 11 is 0. The molecule has 1 aromatic heterocycles. The molecule has 0 radical (unpaired) electrons. The Morgan fingerprint density at radius 3 is 2.50 bits per heavy atom. The summed E-state index contributed by atoms with van der Waals surface area (Å²) in [5, 5.41) is 10.2. The lowest BCUT2D eigenvalue weighted by atomic mass is 10.0. The standard InChI is InChI=1S/C21H29N3O4/c1-13(2)19-11-23-10-15(9-16(23)12-28-19)24-6-5-22-21(24)14-7-17(26-3)20(25)18(8-14)27-4/h5-8,13,15-16,19,25H,9-12H2,1-4H3/t15-,16-,19+/m0/s1. The number of methoxy groups -OCH3 is 2. The number of aromatic hydroxyl groups is 1. The van der Waals surface area contributed by atoms with Crippen molar-refractivity contribution in [3.05, 3.63) is 24.5 Å². The van der Waals surface area contributed by atoms with E-state index in [2.05, 4.69) is 28.3 Å². The first-order valence-electron chi connectivity index (χ1n) is 9.85. The second-order valence-electron chi connectivity index (χ2n) is 8.00. The van der Waals surface area contributed by atoms with Gasteiger partial charge in [-0.3, -0.25) is 4.90 Å². The van der Waals surface area contributed by atoms with Gasteiger partial charge in [0, 0.05) is 43.1 Å². The van der Waals surface area contributed by atoms with E-state index in [1.807, 2.05) is 12.4 Å². The van der Waals surface area contributed by atoms with E-state index in [1.165, 1.54) is 14.2 Å². The highest BCUT2D eigenvalue weighted by Gasteiger charge is 2.39. The lowest BCUT2D eigenvalue weighted by molar-refractivity contribution is -0.0683. The van der Waals surface area contributed by atoms with Crippen LogP contribution in [0.15, 0.2) is 24.5 Å². The molecule has 3 heterocycles. The fourth-order valence-corrected chi connectivity index (χ4v) is 4.33. The number of imidazole rings is 1. The molecule has 0 unspecified atom stereocenters. The van der Waals surface area contributed by atoms with Gasteiger partial charge in [0.15, 0.2) is 11.5 Å². The van der Waals surface area contributed by atoms with Crippen molar-refractivity contribution < 1.29 is 19.3 Å².